The van der Waals surface area contributed by atoms with Crippen LogP contribution >= 0.6 is 23.2 Å². The lowest BCUT2D eigenvalue weighted by Gasteiger charge is -2.12. The summed E-state index contributed by atoms with van der Waals surface area (Å²) in [6.45, 7) is 0. The lowest BCUT2D eigenvalue weighted by Crippen LogP contribution is -2.35. The Hall–Kier alpha value is -3.04. The van der Waals surface area contributed by atoms with Crippen LogP contribution in [0.2, 0.25) is 10.0 Å². The van der Waals surface area contributed by atoms with Gasteiger partial charge in [-0.3, -0.25) is 15.2 Å². The summed E-state index contributed by atoms with van der Waals surface area (Å²) in [4.78, 5) is 16.5. The van der Waals surface area contributed by atoms with E-state index in [9.17, 15) is 18.0 Å². The molecule has 0 atom stereocenters. The SMILES string of the molecule is O=C(NC(=Nc1cc(C(F)F)[nH]n1)Nc1cc(F)cc(Cl)c1)c1ccc(Cl)cc1. The number of alkyl halides is 2. The first-order valence-electron chi connectivity index (χ1n) is 8.02. The number of nitrogens with one attached hydrogen (secondary N) is 3. The van der Waals surface area contributed by atoms with Crippen LogP contribution in [0.3, 0.4) is 0 Å². The van der Waals surface area contributed by atoms with Gasteiger partial charge in [-0.2, -0.15) is 10.1 Å². The fourth-order valence-corrected chi connectivity index (χ4v) is 2.59. The smallest absolute Gasteiger partial charge is 0.279 e. The monoisotopic (exact) mass is 441 g/mol. The highest BCUT2D eigenvalue weighted by molar-refractivity contribution is 6.31. The van der Waals surface area contributed by atoms with Gasteiger partial charge in [-0.05, 0) is 42.5 Å². The second-order valence-electron chi connectivity index (χ2n) is 5.69. The highest BCUT2D eigenvalue weighted by Crippen LogP contribution is 2.21. The standard InChI is InChI=1S/C18H12Cl2F3N5O/c19-10-3-1-9(2-4-10)17(29)26-18(24-13-6-11(20)5-12(21)7-13)25-15-8-14(16(22)23)27-28-15/h1-8,16H,(H3,24,25,26,27,28,29). The van der Waals surface area contributed by atoms with Gasteiger partial charge in [0.05, 0.1) is 0 Å². The van der Waals surface area contributed by atoms with Crippen LogP contribution in [-0.2, 0) is 0 Å². The van der Waals surface area contributed by atoms with Gasteiger partial charge in [-0.15, -0.1) is 0 Å². The van der Waals surface area contributed by atoms with Crippen molar-refractivity contribution in [2.24, 2.45) is 4.99 Å². The number of anilines is 1. The average Bonchev–Trinajstić information content (AvgIpc) is 3.10. The van der Waals surface area contributed by atoms with Gasteiger partial charge in [0, 0.05) is 27.4 Å². The van der Waals surface area contributed by atoms with Crippen LogP contribution in [0.15, 0.2) is 53.5 Å². The molecule has 29 heavy (non-hydrogen) atoms. The topological polar surface area (TPSA) is 82.2 Å². The molecule has 150 valence electrons. The quantitative estimate of drug-likeness (QED) is 0.378. The molecule has 6 nitrogen and oxygen atoms in total. The number of guanidine groups is 1. The summed E-state index contributed by atoms with van der Waals surface area (Å²) in [5.41, 5.74) is -0.00725. The van der Waals surface area contributed by atoms with Crippen molar-refractivity contribution in [2.45, 2.75) is 6.43 Å². The van der Waals surface area contributed by atoms with Crippen molar-refractivity contribution >= 4 is 46.6 Å². The third-order valence-electron chi connectivity index (χ3n) is 3.51. The first-order valence-corrected chi connectivity index (χ1v) is 8.78. The molecular weight excluding hydrogens is 430 g/mol. The largest absolute Gasteiger partial charge is 0.325 e. The zero-order valence-corrected chi connectivity index (χ0v) is 15.9. The molecule has 3 aromatic rings. The van der Waals surface area contributed by atoms with E-state index in [1.807, 2.05) is 0 Å². The zero-order chi connectivity index (χ0) is 21.0. The Labute approximate surface area is 172 Å². The van der Waals surface area contributed by atoms with E-state index >= 15 is 0 Å². The molecule has 0 spiro atoms. The van der Waals surface area contributed by atoms with Gasteiger partial charge in [0.15, 0.2) is 5.82 Å². The lowest BCUT2D eigenvalue weighted by molar-refractivity contribution is 0.0977. The summed E-state index contributed by atoms with van der Waals surface area (Å²) in [5.74, 6) is -1.50. The number of aromatic nitrogens is 2. The van der Waals surface area contributed by atoms with Gasteiger partial charge in [0.2, 0.25) is 5.96 Å². The molecule has 2 aromatic carbocycles. The molecule has 0 saturated heterocycles. The molecular formula is C18H12Cl2F3N5O. The molecule has 1 amide bonds. The second kappa shape index (κ2) is 8.97. The highest BCUT2D eigenvalue weighted by Gasteiger charge is 2.14. The van der Waals surface area contributed by atoms with Gasteiger partial charge >= 0.3 is 0 Å². The number of benzene rings is 2. The maximum atomic E-state index is 13.6. The summed E-state index contributed by atoms with van der Waals surface area (Å²) < 4.78 is 39.1. The number of aromatic amines is 1. The predicted molar refractivity (Wildman–Crippen MR) is 105 cm³/mol. The van der Waals surface area contributed by atoms with Crippen LogP contribution < -0.4 is 10.6 Å². The third kappa shape index (κ3) is 5.72. The fourth-order valence-electron chi connectivity index (χ4n) is 2.24. The summed E-state index contributed by atoms with van der Waals surface area (Å²) in [6.07, 6.45) is -2.77. The number of amides is 1. The first-order chi connectivity index (χ1) is 13.8. The fraction of sp³-hybridized carbons (Fsp3) is 0.0556. The molecule has 3 N–H and O–H groups in total. The number of aliphatic imine (C=N–C) groups is 1. The molecule has 0 aliphatic heterocycles. The van der Waals surface area contributed by atoms with Crippen molar-refractivity contribution in [1.82, 2.24) is 15.5 Å². The lowest BCUT2D eigenvalue weighted by atomic mass is 10.2. The number of H-pyrrole nitrogens is 1. The Kier molecular flexibility index (Phi) is 6.40. The summed E-state index contributed by atoms with van der Waals surface area (Å²) in [7, 11) is 0. The molecule has 0 fully saturated rings. The molecule has 0 radical (unpaired) electrons. The number of hydrogen-bond acceptors (Lipinski definition) is 3. The van der Waals surface area contributed by atoms with E-state index in [0.717, 1.165) is 18.2 Å². The van der Waals surface area contributed by atoms with Crippen LogP contribution in [-0.4, -0.2) is 22.1 Å². The molecule has 3 rings (SSSR count). The maximum Gasteiger partial charge on any atom is 0.279 e. The minimum Gasteiger partial charge on any atom is -0.325 e. The van der Waals surface area contributed by atoms with Crippen LogP contribution in [0.25, 0.3) is 0 Å². The van der Waals surface area contributed by atoms with Crippen molar-refractivity contribution in [1.29, 1.82) is 0 Å². The molecule has 0 saturated carbocycles. The Morgan fingerprint density at radius 2 is 1.79 bits per heavy atom. The number of carbonyl (C=O) groups excluding carboxylic acids is 1. The molecule has 0 bridgehead atoms. The average molecular weight is 442 g/mol. The van der Waals surface area contributed by atoms with E-state index in [1.165, 1.54) is 30.3 Å². The molecule has 1 heterocycles. The van der Waals surface area contributed by atoms with Crippen LogP contribution in [0.5, 0.6) is 0 Å². The first kappa shape index (κ1) is 20.7. The minimum absolute atomic E-state index is 0.107. The van der Waals surface area contributed by atoms with Crippen molar-refractivity contribution in [3.05, 3.63) is 75.7 Å². The highest BCUT2D eigenvalue weighted by atomic mass is 35.5. The van der Waals surface area contributed by atoms with Gasteiger partial charge in [0.1, 0.15) is 11.5 Å². The molecule has 0 unspecified atom stereocenters. The van der Waals surface area contributed by atoms with E-state index in [-0.39, 0.29) is 28.1 Å². The van der Waals surface area contributed by atoms with Gasteiger partial charge in [-0.25, -0.2) is 13.2 Å². The predicted octanol–water partition coefficient (Wildman–Crippen LogP) is 5.32. The number of hydrogen-bond donors (Lipinski definition) is 3. The van der Waals surface area contributed by atoms with Crippen LogP contribution in [0, 0.1) is 5.82 Å². The van der Waals surface area contributed by atoms with Gasteiger partial charge in [0.25, 0.3) is 12.3 Å². The van der Waals surface area contributed by atoms with Crippen molar-refractivity contribution in [2.75, 3.05) is 5.32 Å². The number of rotatable bonds is 4. The van der Waals surface area contributed by atoms with Crippen molar-refractivity contribution in [3.8, 4) is 0 Å². The Bertz CT molecular complexity index is 1030. The van der Waals surface area contributed by atoms with Gasteiger partial charge in [-0.1, -0.05) is 23.2 Å². The Morgan fingerprint density at radius 1 is 1.07 bits per heavy atom. The van der Waals surface area contributed by atoms with Gasteiger partial charge < -0.3 is 5.32 Å². The van der Waals surface area contributed by atoms with Crippen LogP contribution in [0.1, 0.15) is 22.5 Å². The number of nitrogens with zero attached hydrogens (tertiary/aromatic N) is 2. The zero-order valence-electron chi connectivity index (χ0n) is 14.4. The van der Waals surface area contributed by atoms with Crippen molar-refractivity contribution in [3.63, 3.8) is 0 Å². The Morgan fingerprint density at radius 3 is 2.41 bits per heavy atom. The van der Waals surface area contributed by atoms with Crippen LogP contribution in [0.4, 0.5) is 24.7 Å². The number of carbonyl (C=O) groups is 1. The minimum atomic E-state index is -2.77. The number of halogens is 5. The van der Waals surface area contributed by atoms with E-state index in [4.69, 9.17) is 23.2 Å². The Balaban J connectivity index is 1.90. The molecule has 11 heteroatoms. The molecule has 0 aliphatic rings. The third-order valence-corrected chi connectivity index (χ3v) is 3.98. The second-order valence-corrected chi connectivity index (χ2v) is 6.56. The van der Waals surface area contributed by atoms with E-state index in [0.29, 0.717) is 5.02 Å². The van der Waals surface area contributed by atoms with E-state index in [2.05, 4.69) is 25.8 Å². The summed E-state index contributed by atoms with van der Waals surface area (Å²) in [6, 6.07) is 10.6. The van der Waals surface area contributed by atoms with E-state index < -0.39 is 23.8 Å². The van der Waals surface area contributed by atoms with E-state index in [1.54, 1.807) is 0 Å². The summed E-state index contributed by atoms with van der Waals surface area (Å²) >= 11 is 11.6. The molecule has 1 aromatic heterocycles. The summed E-state index contributed by atoms with van der Waals surface area (Å²) in [5, 5.41) is 11.5. The molecule has 0 aliphatic carbocycles. The maximum absolute atomic E-state index is 13.6. The normalized spacial score (nSPS) is 11.6. The van der Waals surface area contributed by atoms with Crippen molar-refractivity contribution < 1.29 is 18.0 Å².